The van der Waals surface area contributed by atoms with Gasteiger partial charge in [0.2, 0.25) is 5.04 Å². The number of benzene rings is 1. The van der Waals surface area contributed by atoms with Gasteiger partial charge < -0.3 is 4.74 Å². The van der Waals surface area contributed by atoms with Crippen LogP contribution in [0.25, 0.3) is 0 Å². The minimum atomic E-state index is -0.501. The van der Waals surface area contributed by atoms with E-state index in [0.29, 0.717) is 0 Å². The van der Waals surface area contributed by atoms with Gasteiger partial charge in [-0.3, -0.25) is 0 Å². The van der Waals surface area contributed by atoms with Crippen LogP contribution in [0.4, 0.5) is 5.69 Å². The van der Waals surface area contributed by atoms with Crippen molar-refractivity contribution in [3.8, 4) is 0 Å². The number of ether oxygens (including phenoxy) is 1. The zero-order valence-corrected chi connectivity index (χ0v) is 16.4. The van der Waals surface area contributed by atoms with E-state index < -0.39 is 5.97 Å². The first kappa shape index (κ1) is 20.4. The molecule has 0 saturated carbocycles. The fourth-order valence-corrected chi connectivity index (χ4v) is 3.23. The summed E-state index contributed by atoms with van der Waals surface area (Å²) in [4.78, 5) is 24.6. The molecule has 0 aliphatic carbocycles. The van der Waals surface area contributed by atoms with Crippen molar-refractivity contribution < 1.29 is 14.3 Å². The highest BCUT2D eigenvalue weighted by Crippen LogP contribution is 2.33. The van der Waals surface area contributed by atoms with Crippen molar-refractivity contribution in [1.82, 2.24) is 4.59 Å². The summed E-state index contributed by atoms with van der Waals surface area (Å²) in [5.41, 5.74) is 4.00. The number of carbonyl (C=O) groups excluding carboxylic acids is 2. The number of amides is 1. The molecule has 0 aliphatic heterocycles. The third kappa shape index (κ3) is 4.24. The largest absolute Gasteiger partial charge is 0.461 e. The van der Waals surface area contributed by atoms with E-state index in [9.17, 15) is 9.59 Å². The molecule has 1 unspecified atom stereocenters. The van der Waals surface area contributed by atoms with Crippen molar-refractivity contribution in [2.45, 2.75) is 41.0 Å². The molecule has 1 rings (SSSR count). The molecule has 24 heavy (non-hydrogen) atoms. The van der Waals surface area contributed by atoms with E-state index >= 15 is 0 Å². The number of quaternary nitrogens is 1. The highest BCUT2D eigenvalue weighted by Gasteiger charge is 2.37. The molecule has 1 amide bonds. The molecule has 1 aromatic carbocycles. The number of hydrogen-bond acceptors (Lipinski definition) is 5. The van der Waals surface area contributed by atoms with Crippen molar-refractivity contribution in [2.75, 3.05) is 19.9 Å². The molecule has 5 nitrogen and oxygen atoms in total. The predicted molar refractivity (Wildman–Crippen MR) is 101 cm³/mol. The number of aryl methyl sites for hydroxylation is 3. The molecule has 0 aromatic heterocycles. The molecular formula is C18H27N2O3S+. The van der Waals surface area contributed by atoms with Crippen LogP contribution < -0.4 is 4.59 Å². The summed E-state index contributed by atoms with van der Waals surface area (Å²) in [7, 11) is 1.72. The Hall–Kier alpha value is -1.66. The van der Waals surface area contributed by atoms with Gasteiger partial charge in [-0.05, 0) is 33.4 Å². The van der Waals surface area contributed by atoms with Crippen molar-refractivity contribution in [1.29, 1.82) is 0 Å². The lowest BCUT2D eigenvalue weighted by atomic mass is 10.0. The van der Waals surface area contributed by atoms with E-state index in [0.717, 1.165) is 28.8 Å². The first-order valence-corrected chi connectivity index (χ1v) is 9.23. The number of rotatable bonds is 4. The second-order valence-corrected chi connectivity index (χ2v) is 6.55. The second kappa shape index (κ2) is 8.44. The zero-order chi connectivity index (χ0) is 18.5. The Balaban J connectivity index is 3.63. The third-order valence-corrected chi connectivity index (χ3v) is 4.52. The molecule has 1 atom stereocenters. The Morgan fingerprint density at radius 1 is 1.25 bits per heavy atom. The van der Waals surface area contributed by atoms with Gasteiger partial charge in [-0.25, -0.2) is 9.59 Å². The normalized spacial score (nSPS) is 14.2. The lowest BCUT2D eigenvalue weighted by Gasteiger charge is -2.27. The molecule has 0 aliphatic rings. The summed E-state index contributed by atoms with van der Waals surface area (Å²) < 4.78 is 4.75. The minimum absolute atomic E-state index is 0.160. The summed E-state index contributed by atoms with van der Waals surface area (Å²) in [6, 6.07) is 4.10. The Kier molecular flexibility index (Phi) is 7.17. The zero-order valence-electron chi connectivity index (χ0n) is 15.6. The Morgan fingerprint density at radius 2 is 1.88 bits per heavy atom. The minimum Gasteiger partial charge on any atom is -0.461 e. The summed E-state index contributed by atoms with van der Waals surface area (Å²) in [6.07, 6.45) is 2.53. The van der Waals surface area contributed by atoms with E-state index in [1.807, 2.05) is 26.8 Å². The molecule has 0 radical (unpaired) electrons. The van der Waals surface area contributed by atoms with Gasteiger partial charge in [-0.15, -0.1) is 4.59 Å². The van der Waals surface area contributed by atoms with Crippen molar-refractivity contribution >= 4 is 34.4 Å². The quantitative estimate of drug-likeness (QED) is 0.273. The van der Waals surface area contributed by atoms with Crippen LogP contribution in [0.1, 0.15) is 37.5 Å². The molecule has 132 valence electrons. The Morgan fingerprint density at radius 3 is 2.33 bits per heavy atom. The molecule has 0 saturated heterocycles. The first-order valence-electron chi connectivity index (χ1n) is 8.00. The van der Waals surface area contributed by atoms with E-state index in [2.05, 4.69) is 11.2 Å². The van der Waals surface area contributed by atoms with E-state index in [1.165, 1.54) is 18.7 Å². The van der Waals surface area contributed by atoms with Gasteiger partial charge in [0.25, 0.3) is 0 Å². The maximum Gasteiger partial charge on any atom is 0.369 e. The van der Waals surface area contributed by atoms with Gasteiger partial charge in [-0.1, -0.05) is 41.5 Å². The molecule has 0 bridgehead atoms. The topological polar surface area (TPSA) is 55.7 Å². The van der Waals surface area contributed by atoms with Crippen molar-refractivity contribution in [3.05, 3.63) is 28.8 Å². The lowest BCUT2D eigenvalue weighted by Crippen LogP contribution is -2.46. The molecule has 0 heterocycles. The van der Waals surface area contributed by atoms with Gasteiger partial charge in [0, 0.05) is 11.1 Å². The smallest absolute Gasteiger partial charge is 0.369 e. The number of thioether (sulfide) groups is 1. The summed E-state index contributed by atoms with van der Waals surface area (Å²) in [5.74, 6) is -0.661. The average molecular weight is 351 g/mol. The lowest BCUT2D eigenvalue weighted by molar-refractivity contribution is -0.134. The molecule has 6 heteroatoms. The van der Waals surface area contributed by atoms with Crippen LogP contribution in [-0.2, 0) is 20.7 Å². The number of hydrogen-bond donors (Lipinski definition) is 0. The SMILES string of the molecule is CCOC(=O)C(=N[N+](C)(C(C)=O)c1c(C)cc(C)cc1CC)SC. The van der Waals surface area contributed by atoms with Crippen LogP contribution in [0.15, 0.2) is 17.2 Å². The van der Waals surface area contributed by atoms with Crippen molar-refractivity contribution in [3.63, 3.8) is 0 Å². The highest BCUT2D eigenvalue weighted by atomic mass is 32.2. The molecule has 0 spiro atoms. The monoisotopic (exact) mass is 351 g/mol. The second-order valence-electron chi connectivity index (χ2n) is 5.75. The summed E-state index contributed by atoms with van der Waals surface area (Å²) in [6.45, 7) is 9.56. The molecule has 1 aromatic rings. The first-order chi connectivity index (χ1) is 11.2. The molecule has 0 N–H and O–H groups in total. The number of carbonyl (C=O) groups is 2. The highest BCUT2D eigenvalue weighted by molar-refractivity contribution is 8.15. The maximum absolute atomic E-state index is 12.5. The van der Waals surface area contributed by atoms with Crippen LogP contribution in [0.2, 0.25) is 0 Å². The predicted octanol–water partition coefficient (Wildman–Crippen LogP) is 3.59. The number of esters is 1. The van der Waals surface area contributed by atoms with Gasteiger partial charge in [0.05, 0.1) is 13.5 Å². The Labute approximate surface area is 148 Å². The summed E-state index contributed by atoms with van der Waals surface area (Å²) >= 11 is 1.19. The number of nitrogens with zero attached hydrogens (tertiary/aromatic N) is 2. The van der Waals surface area contributed by atoms with Gasteiger partial charge in [-0.2, -0.15) is 0 Å². The van der Waals surface area contributed by atoms with E-state index in [4.69, 9.17) is 4.74 Å². The summed E-state index contributed by atoms with van der Waals surface area (Å²) in [5, 5.41) is 4.70. The van der Waals surface area contributed by atoms with Crippen LogP contribution in [-0.4, -0.2) is 36.8 Å². The molecular weight excluding hydrogens is 324 g/mol. The van der Waals surface area contributed by atoms with Crippen LogP contribution in [0.3, 0.4) is 0 Å². The van der Waals surface area contributed by atoms with Crippen LogP contribution in [0.5, 0.6) is 0 Å². The van der Waals surface area contributed by atoms with E-state index in [1.54, 1.807) is 20.2 Å². The van der Waals surface area contributed by atoms with Gasteiger partial charge in [0.1, 0.15) is 7.05 Å². The molecule has 0 fully saturated rings. The average Bonchev–Trinajstić information content (AvgIpc) is 2.51. The fraction of sp³-hybridized carbons (Fsp3) is 0.500. The van der Waals surface area contributed by atoms with Crippen molar-refractivity contribution in [2.24, 2.45) is 5.10 Å². The third-order valence-electron chi connectivity index (χ3n) is 3.89. The van der Waals surface area contributed by atoms with Gasteiger partial charge >= 0.3 is 11.9 Å². The Bertz CT molecular complexity index is 670. The fourth-order valence-electron chi connectivity index (χ4n) is 2.76. The maximum atomic E-state index is 12.5. The van der Waals surface area contributed by atoms with Crippen LogP contribution in [0, 0.1) is 13.8 Å². The van der Waals surface area contributed by atoms with E-state index in [-0.39, 0.29) is 22.1 Å². The van der Waals surface area contributed by atoms with Crippen LogP contribution >= 0.6 is 11.8 Å². The van der Waals surface area contributed by atoms with Gasteiger partial charge in [0.15, 0.2) is 5.69 Å². The standard InChI is InChI=1S/C18H27N2O3S/c1-8-15-11-12(3)10-13(4)16(15)20(6,14(5)21)19-17(24-7)18(22)23-9-2/h10-11H,8-9H2,1-7H3/q+1.